The summed E-state index contributed by atoms with van der Waals surface area (Å²) in [6.07, 6.45) is 9.58. The van der Waals surface area contributed by atoms with Crippen LogP contribution in [0, 0.1) is 0 Å². The molecule has 1 aromatic rings. The number of fused-ring (bicyclic) bond motifs is 1. The maximum atomic E-state index is 12.2. The van der Waals surface area contributed by atoms with Gasteiger partial charge in [0.1, 0.15) is 0 Å². The van der Waals surface area contributed by atoms with E-state index in [1.807, 2.05) is 18.2 Å². The molecule has 4 nitrogen and oxygen atoms in total. The lowest BCUT2D eigenvalue weighted by molar-refractivity contribution is -0.119. The van der Waals surface area contributed by atoms with Gasteiger partial charge in [-0.2, -0.15) is 0 Å². The number of hydrogen-bond donors (Lipinski definition) is 1. The van der Waals surface area contributed by atoms with Crippen LogP contribution >= 0.6 is 11.8 Å². The van der Waals surface area contributed by atoms with Crippen LogP contribution in [-0.2, 0) is 4.79 Å². The van der Waals surface area contributed by atoms with Crippen LogP contribution in [0.4, 0.5) is 0 Å². The van der Waals surface area contributed by atoms with Gasteiger partial charge in [-0.1, -0.05) is 32.1 Å². The summed E-state index contributed by atoms with van der Waals surface area (Å²) in [5.74, 6) is 2.18. The summed E-state index contributed by atoms with van der Waals surface area (Å²) in [5.41, 5.74) is 0. The molecule has 1 aromatic carbocycles. The molecule has 1 heterocycles. The van der Waals surface area contributed by atoms with Crippen LogP contribution in [0.15, 0.2) is 23.1 Å². The minimum atomic E-state index is 0.137. The number of ether oxygens (including phenoxy) is 2. The number of nitrogens with one attached hydrogen (secondary N) is 1. The van der Waals surface area contributed by atoms with Gasteiger partial charge in [0.05, 0.1) is 19.0 Å². The van der Waals surface area contributed by atoms with Crippen LogP contribution in [0.1, 0.15) is 51.4 Å². The average Bonchev–Trinajstić information content (AvgIpc) is 2.80. The first kappa shape index (κ1) is 17.5. The summed E-state index contributed by atoms with van der Waals surface area (Å²) in [7, 11) is 0. The summed E-state index contributed by atoms with van der Waals surface area (Å²) in [6.45, 7) is 1.38. The highest BCUT2D eigenvalue weighted by molar-refractivity contribution is 8.00. The van der Waals surface area contributed by atoms with Crippen molar-refractivity contribution >= 4 is 17.7 Å². The van der Waals surface area contributed by atoms with E-state index in [1.165, 1.54) is 32.1 Å². The molecule has 1 fully saturated rings. The second-order valence-electron chi connectivity index (χ2n) is 6.56. The minimum absolute atomic E-state index is 0.137. The third-order valence-corrected chi connectivity index (χ3v) is 5.55. The molecular weight excluding hydrogens is 322 g/mol. The van der Waals surface area contributed by atoms with Gasteiger partial charge in [0, 0.05) is 17.4 Å². The summed E-state index contributed by atoms with van der Waals surface area (Å²) >= 11 is 1.56. The molecule has 1 aliphatic carbocycles. The Hall–Kier alpha value is -1.36. The summed E-state index contributed by atoms with van der Waals surface area (Å²) in [5, 5.41) is 3.21. The van der Waals surface area contributed by atoms with Crippen molar-refractivity contribution in [1.82, 2.24) is 5.32 Å². The maximum Gasteiger partial charge on any atom is 0.230 e. The lowest BCUT2D eigenvalue weighted by Crippen LogP contribution is -2.36. The summed E-state index contributed by atoms with van der Waals surface area (Å²) in [4.78, 5) is 13.3. The number of benzene rings is 1. The van der Waals surface area contributed by atoms with Crippen LogP contribution in [0.2, 0.25) is 0 Å². The Morgan fingerprint density at radius 2 is 1.71 bits per heavy atom. The molecule has 24 heavy (non-hydrogen) atoms. The minimum Gasteiger partial charge on any atom is -0.490 e. The normalized spacial score (nSPS) is 19.0. The van der Waals surface area contributed by atoms with E-state index in [4.69, 9.17) is 9.47 Å². The van der Waals surface area contributed by atoms with E-state index in [0.29, 0.717) is 25.0 Å². The molecule has 5 heteroatoms. The van der Waals surface area contributed by atoms with Gasteiger partial charge in [0.15, 0.2) is 11.5 Å². The van der Waals surface area contributed by atoms with Crippen molar-refractivity contribution in [3.8, 4) is 11.5 Å². The smallest absolute Gasteiger partial charge is 0.230 e. The molecule has 3 rings (SSSR count). The molecule has 0 bridgehead atoms. The van der Waals surface area contributed by atoms with E-state index >= 15 is 0 Å². The van der Waals surface area contributed by atoms with Crippen LogP contribution in [0.25, 0.3) is 0 Å². The standard InChI is InChI=1S/C19H27NO3S/c21-19(20-15-7-4-2-1-3-5-8-15)14-24-16-9-10-17-18(13-16)23-12-6-11-22-17/h9-10,13,15H,1-8,11-12,14H2,(H,20,21). The fraction of sp³-hybridized carbons (Fsp3) is 0.632. The van der Waals surface area contributed by atoms with Gasteiger partial charge in [0.25, 0.3) is 0 Å². The van der Waals surface area contributed by atoms with Gasteiger partial charge < -0.3 is 14.8 Å². The van der Waals surface area contributed by atoms with Crippen molar-refractivity contribution in [2.75, 3.05) is 19.0 Å². The van der Waals surface area contributed by atoms with E-state index < -0.39 is 0 Å². The summed E-state index contributed by atoms with van der Waals surface area (Å²) in [6, 6.07) is 6.29. The lowest BCUT2D eigenvalue weighted by Gasteiger charge is -2.21. The molecule has 132 valence electrons. The van der Waals surface area contributed by atoms with Crippen LogP contribution in [-0.4, -0.2) is 30.9 Å². The Kier molecular flexibility index (Phi) is 6.70. The van der Waals surface area contributed by atoms with Crippen molar-refractivity contribution in [3.05, 3.63) is 18.2 Å². The highest BCUT2D eigenvalue weighted by atomic mass is 32.2. The Bertz CT molecular complexity index is 541. The van der Waals surface area contributed by atoms with Crippen molar-refractivity contribution in [1.29, 1.82) is 0 Å². The van der Waals surface area contributed by atoms with Crippen LogP contribution in [0.3, 0.4) is 0 Å². The third kappa shape index (κ3) is 5.33. The number of thioether (sulfide) groups is 1. The highest BCUT2D eigenvalue weighted by Crippen LogP contribution is 2.33. The lowest BCUT2D eigenvalue weighted by atomic mass is 9.97. The van der Waals surface area contributed by atoms with Crippen LogP contribution < -0.4 is 14.8 Å². The van der Waals surface area contributed by atoms with Gasteiger partial charge in [-0.05, 0) is 31.0 Å². The largest absolute Gasteiger partial charge is 0.490 e. The number of carbonyl (C=O) groups is 1. The topological polar surface area (TPSA) is 47.6 Å². The Labute approximate surface area is 148 Å². The molecule has 1 saturated carbocycles. The molecule has 2 aliphatic rings. The molecule has 1 aliphatic heterocycles. The molecular formula is C19H27NO3S. The molecule has 0 saturated heterocycles. The van der Waals surface area contributed by atoms with E-state index in [1.54, 1.807) is 11.8 Å². The summed E-state index contributed by atoms with van der Waals surface area (Å²) < 4.78 is 11.3. The van der Waals surface area contributed by atoms with Crippen LogP contribution in [0.5, 0.6) is 11.5 Å². The van der Waals surface area contributed by atoms with E-state index in [9.17, 15) is 4.79 Å². The van der Waals surface area contributed by atoms with Crippen molar-refractivity contribution in [3.63, 3.8) is 0 Å². The SMILES string of the molecule is O=C(CSc1ccc2c(c1)OCCCO2)NC1CCCCCCC1. The molecule has 1 N–H and O–H groups in total. The quantitative estimate of drug-likeness (QED) is 0.829. The third-order valence-electron chi connectivity index (χ3n) is 4.56. The second-order valence-corrected chi connectivity index (χ2v) is 7.61. The molecule has 0 spiro atoms. The number of hydrogen-bond acceptors (Lipinski definition) is 4. The van der Waals surface area contributed by atoms with Gasteiger partial charge in [-0.15, -0.1) is 11.8 Å². The van der Waals surface area contributed by atoms with Gasteiger partial charge >= 0.3 is 0 Å². The average molecular weight is 349 g/mol. The zero-order valence-electron chi connectivity index (χ0n) is 14.2. The Morgan fingerprint density at radius 1 is 1.00 bits per heavy atom. The highest BCUT2D eigenvalue weighted by Gasteiger charge is 2.15. The number of carbonyl (C=O) groups excluding carboxylic acids is 1. The van der Waals surface area contributed by atoms with E-state index in [0.717, 1.165) is 35.7 Å². The van der Waals surface area contributed by atoms with Crippen molar-refractivity contribution < 1.29 is 14.3 Å². The first-order chi connectivity index (χ1) is 11.8. The predicted molar refractivity (Wildman–Crippen MR) is 97.0 cm³/mol. The van der Waals surface area contributed by atoms with Gasteiger partial charge in [-0.25, -0.2) is 0 Å². The molecule has 0 unspecified atom stereocenters. The fourth-order valence-corrected chi connectivity index (χ4v) is 3.99. The Balaban J connectivity index is 1.48. The first-order valence-electron chi connectivity index (χ1n) is 9.13. The van der Waals surface area contributed by atoms with E-state index in [2.05, 4.69) is 5.32 Å². The first-order valence-corrected chi connectivity index (χ1v) is 10.1. The monoisotopic (exact) mass is 349 g/mol. The second kappa shape index (κ2) is 9.21. The fourth-order valence-electron chi connectivity index (χ4n) is 3.25. The van der Waals surface area contributed by atoms with E-state index in [-0.39, 0.29) is 5.91 Å². The molecule has 0 atom stereocenters. The molecule has 0 radical (unpaired) electrons. The van der Waals surface area contributed by atoms with Gasteiger partial charge in [0.2, 0.25) is 5.91 Å². The zero-order chi connectivity index (χ0) is 16.6. The van der Waals surface area contributed by atoms with Crippen molar-refractivity contribution in [2.45, 2.75) is 62.3 Å². The predicted octanol–water partition coefficient (Wildman–Crippen LogP) is 4.17. The number of amides is 1. The molecule has 0 aromatic heterocycles. The molecule has 1 amide bonds. The maximum absolute atomic E-state index is 12.2. The zero-order valence-corrected chi connectivity index (χ0v) is 15.0. The number of rotatable bonds is 4. The Morgan fingerprint density at radius 3 is 2.50 bits per heavy atom. The van der Waals surface area contributed by atoms with Crippen molar-refractivity contribution in [2.24, 2.45) is 0 Å². The van der Waals surface area contributed by atoms with Gasteiger partial charge in [-0.3, -0.25) is 4.79 Å².